The van der Waals surface area contributed by atoms with Gasteiger partial charge >= 0.3 is 9.15 Å². The van der Waals surface area contributed by atoms with Crippen molar-refractivity contribution in [1.29, 1.82) is 0 Å². The van der Waals surface area contributed by atoms with E-state index in [1.807, 2.05) is 0 Å². The van der Waals surface area contributed by atoms with Gasteiger partial charge < -0.3 is 10.1 Å². The number of hydrogen-bond donors (Lipinski definition) is 2. The molecule has 0 aromatic heterocycles. The molecule has 7 heteroatoms. The van der Waals surface area contributed by atoms with Crippen molar-refractivity contribution in [3.8, 4) is 5.75 Å². The second kappa shape index (κ2) is 11.1. The fraction of sp³-hybridized carbons (Fsp3) is 0.667. The van der Waals surface area contributed by atoms with Crippen LogP contribution in [0.5, 0.6) is 5.75 Å². The molecule has 0 bridgehead atoms. The highest BCUT2D eigenvalue weighted by molar-refractivity contribution is 8.69. The maximum absolute atomic E-state index is 10.5. The molecule has 0 spiro atoms. The maximum Gasteiger partial charge on any atom is 0.319 e. The number of ether oxygens (including phenoxy) is 1. The predicted molar refractivity (Wildman–Crippen MR) is 106 cm³/mol. The summed E-state index contributed by atoms with van der Waals surface area (Å²) in [6, 6.07) is 6.47. The molecule has 2 N–H and O–H groups in total. The van der Waals surface area contributed by atoms with Gasteiger partial charge in [0.25, 0.3) is 0 Å². The Hall–Kier alpha value is -0.760. The van der Waals surface area contributed by atoms with Crippen molar-refractivity contribution in [2.24, 2.45) is 0 Å². The van der Waals surface area contributed by atoms with Crippen LogP contribution in [0.15, 0.2) is 18.2 Å². The minimum Gasteiger partial charge on any atom is -0.493 e. The summed E-state index contributed by atoms with van der Waals surface area (Å²) >= 11 is 0. The lowest BCUT2D eigenvalue weighted by Crippen LogP contribution is -2.19. The van der Waals surface area contributed by atoms with E-state index in [0.29, 0.717) is 41.5 Å². The van der Waals surface area contributed by atoms with Crippen LogP contribution < -0.4 is 10.1 Å². The van der Waals surface area contributed by atoms with Gasteiger partial charge in [-0.3, -0.25) is 4.55 Å². The lowest BCUT2D eigenvalue weighted by Gasteiger charge is -2.17. The lowest BCUT2D eigenvalue weighted by atomic mass is 9.95. The van der Waals surface area contributed by atoms with Crippen molar-refractivity contribution < 1.29 is 17.7 Å². The number of nitrogens with one attached hydrogen (secondary N) is 1. The second-order valence-electron chi connectivity index (χ2n) is 6.66. The van der Waals surface area contributed by atoms with E-state index in [1.54, 1.807) is 0 Å². The van der Waals surface area contributed by atoms with Gasteiger partial charge in [-0.25, -0.2) is 0 Å². The van der Waals surface area contributed by atoms with Crippen LogP contribution >= 0.6 is 10.8 Å². The number of hydrogen-bond acceptors (Lipinski definition) is 5. The van der Waals surface area contributed by atoms with Gasteiger partial charge in [0.15, 0.2) is 0 Å². The van der Waals surface area contributed by atoms with Gasteiger partial charge in [-0.2, -0.15) is 8.42 Å². The summed E-state index contributed by atoms with van der Waals surface area (Å²) in [5, 5.41) is 3.15. The maximum atomic E-state index is 10.5. The molecule has 1 aromatic rings. The molecule has 0 radical (unpaired) electrons. The smallest absolute Gasteiger partial charge is 0.319 e. The van der Waals surface area contributed by atoms with Gasteiger partial charge in [0.05, 0.1) is 6.61 Å². The molecule has 1 aromatic carbocycles. The molecule has 25 heavy (non-hydrogen) atoms. The van der Waals surface area contributed by atoms with Gasteiger partial charge in [-0.15, -0.1) is 0 Å². The average molecular weight is 390 g/mol. The molecule has 0 fully saturated rings. The number of unbranched alkanes of at least 4 members (excludes halogenated alkanes) is 1. The van der Waals surface area contributed by atoms with Crippen LogP contribution in [0.2, 0.25) is 0 Å². The Morgan fingerprint density at radius 3 is 2.44 bits per heavy atom. The van der Waals surface area contributed by atoms with Crippen LogP contribution in [-0.4, -0.2) is 38.4 Å². The summed E-state index contributed by atoms with van der Waals surface area (Å²) in [5.74, 6) is 2.25. The average Bonchev–Trinajstić information content (AvgIpc) is 2.52. The standard InChI is InChI=1S/C18H31NO4S2/c1-14(2)16-7-8-18(17(13-16)15(3)4)23-11-6-5-9-19-10-12-24-25(20,21)22/h7-8,13-15,19H,5-6,9-12H2,1-4H3,(H,20,21,22). The Morgan fingerprint density at radius 2 is 1.84 bits per heavy atom. The highest BCUT2D eigenvalue weighted by Gasteiger charge is 2.10. The van der Waals surface area contributed by atoms with Gasteiger partial charge in [-0.05, 0) is 59.2 Å². The van der Waals surface area contributed by atoms with Crippen LogP contribution in [-0.2, 0) is 9.15 Å². The van der Waals surface area contributed by atoms with E-state index in [4.69, 9.17) is 9.29 Å². The number of benzene rings is 1. The highest BCUT2D eigenvalue weighted by atomic mass is 33.1. The molecule has 0 unspecified atom stereocenters. The van der Waals surface area contributed by atoms with E-state index >= 15 is 0 Å². The summed E-state index contributed by atoms with van der Waals surface area (Å²) in [6.45, 7) is 10.8. The summed E-state index contributed by atoms with van der Waals surface area (Å²) in [4.78, 5) is 0. The Bertz CT molecular complexity index is 616. The summed E-state index contributed by atoms with van der Waals surface area (Å²) in [5.41, 5.74) is 2.59. The fourth-order valence-electron chi connectivity index (χ4n) is 2.39. The van der Waals surface area contributed by atoms with Crippen LogP contribution in [0.1, 0.15) is 63.5 Å². The third kappa shape index (κ3) is 9.49. The van der Waals surface area contributed by atoms with Gasteiger partial charge in [-0.1, -0.05) is 39.8 Å². The zero-order valence-corrected chi connectivity index (χ0v) is 17.3. The Balaban J connectivity index is 2.28. The molecule has 0 atom stereocenters. The third-order valence-electron chi connectivity index (χ3n) is 3.84. The Labute approximate surface area is 156 Å². The molecule has 0 amide bonds. The van der Waals surface area contributed by atoms with Crippen molar-refractivity contribution in [3.63, 3.8) is 0 Å². The van der Waals surface area contributed by atoms with Crippen LogP contribution in [0, 0.1) is 0 Å². The quantitative estimate of drug-likeness (QED) is 0.317. The Kier molecular flexibility index (Phi) is 9.86. The molecule has 0 aliphatic heterocycles. The second-order valence-corrected chi connectivity index (χ2v) is 10.1. The molecule has 5 nitrogen and oxygen atoms in total. The minimum atomic E-state index is -3.92. The van der Waals surface area contributed by atoms with E-state index in [2.05, 4.69) is 51.2 Å². The molecule has 0 aliphatic rings. The number of rotatable bonds is 12. The van der Waals surface area contributed by atoms with E-state index < -0.39 is 9.15 Å². The van der Waals surface area contributed by atoms with Crippen LogP contribution in [0.4, 0.5) is 0 Å². The first-order chi connectivity index (χ1) is 11.7. The first-order valence-electron chi connectivity index (χ1n) is 8.80. The largest absolute Gasteiger partial charge is 0.493 e. The molecular formula is C18H31NO4S2. The van der Waals surface area contributed by atoms with Gasteiger partial charge in [0, 0.05) is 12.3 Å². The topological polar surface area (TPSA) is 75.6 Å². The lowest BCUT2D eigenvalue weighted by molar-refractivity contribution is 0.302. The van der Waals surface area contributed by atoms with E-state index in [9.17, 15) is 8.42 Å². The van der Waals surface area contributed by atoms with E-state index in [0.717, 1.165) is 25.1 Å². The predicted octanol–water partition coefficient (Wildman–Crippen LogP) is 4.22. The molecule has 1 rings (SSSR count). The molecular weight excluding hydrogens is 358 g/mol. The summed E-state index contributed by atoms with van der Waals surface area (Å²) < 4.78 is 35.7. The normalized spacial score (nSPS) is 12.1. The van der Waals surface area contributed by atoms with Crippen molar-refractivity contribution in [2.75, 3.05) is 25.4 Å². The first kappa shape index (κ1) is 22.3. The van der Waals surface area contributed by atoms with Gasteiger partial charge in [0.1, 0.15) is 5.75 Å². The molecule has 144 valence electrons. The first-order valence-corrected chi connectivity index (χ1v) is 11.7. The van der Waals surface area contributed by atoms with E-state index in [-0.39, 0.29) is 0 Å². The monoisotopic (exact) mass is 389 g/mol. The van der Waals surface area contributed by atoms with Crippen molar-refractivity contribution >= 4 is 19.9 Å². The zero-order valence-electron chi connectivity index (χ0n) is 15.6. The fourth-order valence-corrected chi connectivity index (χ4v) is 3.71. The minimum absolute atomic E-state index is 0.343. The van der Waals surface area contributed by atoms with Crippen molar-refractivity contribution in [2.45, 2.75) is 52.4 Å². The molecule has 0 saturated carbocycles. The summed E-state index contributed by atoms with van der Waals surface area (Å²) in [6.07, 6.45) is 1.89. The van der Waals surface area contributed by atoms with Crippen molar-refractivity contribution in [1.82, 2.24) is 5.32 Å². The molecule has 0 saturated heterocycles. The molecule has 0 heterocycles. The van der Waals surface area contributed by atoms with Crippen LogP contribution in [0.25, 0.3) is 0 Å². The SMILES string of the molecule is CC(C)c1ccc(OCCCCNCCSS(=O)(=O)O)c(C(C)C)c1. The summed E-state index contributed by atoms with van der Waals surface area (Å²) in [7, 11) is -3.37. The molecule has 0 aliphatic carbocycles. The van der Waals surface area contributed by atoms with Crippen molar-refractivity contribution in [3.05, 3.63) is 29.3 Å². The van der Waals surface area contributed by atoms with E-state index in [1.165, 1.54) is 11.1 Å². The van der Waals surface area contributed by atoms with Gasteiger partial charge in [0.2, 0.25) is 0 Å². The zero-order chi connectivity index (χ0) is 18.9. The highest BCUT2D eigenvalue weighted by Crippen LogP contribution is 2.30. The Morgan fingerprint density at radius 1 is 1.12 bits per heavy atom. The van der Waals surface area contributed by atoms with Crippen LogP contribution in [0.3, 0.4) is 0 Å². The third-order valence-corrected chi connectivity index (χ3v) is 5.90.